The van der Waals surface area contributed by atoms with Gasteiger partial charge in [-0.25, -0.2) is 0 Å². The Labute approximate surface area is 147 Å². The van der Waals surface area contributed by atoms with E-state index in [0.29, 0.717) is 18.3 Å². The zero-order valence-electron chi connectivity index (χ0n) is 14.0. The van der Waals surface area contributed by atoms with Gasteiger partial charge in [-0.05, 0) is 37.8 Å². The fourth-order valence-electron chi connectivity index (χ4n) is 2.25. The van der Waals surface area contributed by atoms with Crippen LogP contribution in [-0.4, -0.2) is 29.0 Å². The minimum absolute atomic E-state index is 0. The second-order valence-electron chi connectivity index (χ2n) is 6.16. The molecule has 1 fully saturated rings. The molecule has 1 aromatic rings. The van der Waals surface area contributed by atoms with Crippen molar-refractivity contribution < 1.29 is 9.72 Å². The summed E-state index contributed by atoms with van der Waals surface area (Å²) in [4.78, 5) is 23.0. The number of halogens is 1. The first-order chi connectivity index (χ1) is 10.9. The van der Waals surface area contributed by atoms with Crippen molar-refractivity contribution in [2.45, 2.75) is 51.1 Å². The third kappa shape index (κ3) is 5.07. The number of carbonyl (C=O) groups is 1. The van der Waals surface area contributed by atoms with Gasteiger partial charge in [0.15, 0.2) is 0 Å². The lowest BCUT2D eigenvalue weighted by molar-refractivity contribution is -0.384. The molecule has 1 saturated carbocycles. The highest BCUT2D eigenvalue weighted by Crippen LogP contribution is 2.31. The number of nitrogens with two attached hydrogens (primary N) is 1. The molecule has 2 rings (SSSR count). The molecular weight excluding hydrogens is 332 g/mol. The topological polar surface area (TPSA) is 110 Å². The number of hydrogen-bond acceptors (Lipinski definition) is 5. The second-order valence-corrected chi connectivity index (χ2v) is 6.16. The lowest BCUT2D eigenvalue weighted by atomic mass is 9.94. The maximum atomic E-state index is 12.2. The second kappa shape index (κ2) is 8.30. The van der Waals surface area contributed by atoms with Gasteiger partial charge in [0.1, 0.15) is 5.69 Å². The average molecular weight is 357 g/mol. The third-order valence-corrected chi connectivity index (χ3v) is 4.40. The van der Waals surface area contributed by atoms with Crippen LogP contribution in [-0.2, 0) is 0 Å². The quantitative estimate of drug-likeness (QED) is 0.490. The van der Waals surface area contributed by atoms with Crippen molar-refractivity contribution in [2.24, 2.45) is 5.73 Å². The van der Waals surface area contributed by atoms with Crippen molar-refractivity contribution in [3.05, 3.63) is 33.9 Å². The van der Waals surface area contributed by atoms with Gasteiger partial charge in [0.2, 0.25) is 0 Å². The molecule has 0 bridgehead atoms. The number of nitro benzene ring substituents is 1. The van der Waals surface area contributed by atoms with Crippen LogP contribution in [0.25, 0.3) is 0 Å². The third-order valence-electron chi connectivity index (χ3n) is 4.40. The summed E-state index contributed by atoms with van der Waals surface area (Å²) in [5.41, 5.74) is 6.36. The predicted molar refractivity (Wildman–Crippen MR) is 96.8 cm³/mol. The molecule has 0 saturated heterocycles. The minimum atomic E-state index is -0.465. The van der Waals surface area contributed by atoms with Crippen molar-refractivity contribution in [1.82, 2.24) is 5.32 Å². The minimum Gasteiger partial charge on any atom is -0.377 e. The number of rotatable bonds is 8. The molecule has 7 nitrogen and oxygen atoms in total. The van der Waals surface area contributed by atoms with Gasteiger partial charge >= 0.3 is 0 Å². The van der Waals surface area contributed by atoms with Crippen LogP contribution in [0.15, 0.2) is 18.2 Å². The first-order valence-corrected chi connectivity index (χ1v) is 8.00. The molecule has 24 heavy (non-hydrogen) atoms. The Balaban J connectivity index is 0.00000288. The van der Waals surface area contributed by atoms with Crippen LogP contribution in [0.4, 0.5) is 11.4 Å². The molecule has 4 N–H and O–H groups in total. The molecule has 1 aliphatic rings. The largest absolute Gasteiger partial charge is 0.377 e. The average Bonchev–Trinajstić information content (AvgIpc) is 3.36. The van der Waals surface area contributed by atoms with Crippen LogP contribution in [0.2, 0.25) is 0 Å². The molecule has 0 radical (unpaired) electrons. The number of amides is 1. The van der Waals surface area contributed by atoms with Gasteiger partial charge in [-0.2, -0.15) is 0 Å². The van der Waals surface area contributed by atoms with Crippen LogP contribution in [0.5, 0.6) is 0 Å². The van der Waals surface area contributed by atoms with Gasteiger partial charge in [-0.15, -0.1) is 12.4 Å². The summed E-state index contributed by atoms with van der Waals surface area (Å²) in [6, 6.07) is 4.82. The fraction of sp³-hybridized carbons (Fsp3) is 0.562. The molecule has 1 aliphatic carbocycles. The van der Waals surface area contributed by atoms with E-state index < -0.39 is 10.5 Å². The van der Waals surface area contributed by atoms with Crippen LogP contribution in [0, 0.1) is 10.1 Å². The summed E-state index contributed by atoms with van der Waals surface area (Å²) in [5.74, 6) is -0.345. The zero-order chi connectivity index (χ0) is 17.0. The van der Waals surface area contributed by atoms with E-state index in [2.05, 4.69) is 10.6 Å². The first-order valence-electron chi connectivity index (χ1n) is 8.00. The molecule has 0 spiro atoms. The van der Waals surface area contributed by atoms with Crippen molar-refractivity contribution in [3.63, 3.8) is 0 Å². The van der Waals surface area contributed by atoms with Crippen molar-refractivity contribution in [1.29, 1.82) is 0 Å². The van der Waals surface area contributed by atoms with Crippen LogP contribution in [0.1, 0.15) is 49.9 Å². The summed E-state index contributed by atoms with van der Waals surface area (Å²) >= 11 is 0. The molecule has 0 atom stereocenters. The standard InChI is InChI=1S/C16H24N4O3.ClH/c1-3-16(17,4-2)10-18-15(21)11-5-8-13(19-12-6-7-12)14(9-11)20(22)23;/h5,8-9,12,19H,3-4,6-7,10,17H2,1-2H3,(H,18,21);1H. The smallest absolute Gasteiger partial charge is 0.293 e. The molecule has 0 aliphatic heterocycles. The monoisotopic (exact) mass is 356 g/mol. The highest BCUT2D eigenvalue weighted by molar-refractivity contribution is 5.95. The summed E-state index contributed by atoms with van der Waals surface area (Å²) < 4.78 is 0. The maximum absolute atomic E-state index is 12.2. The molecule has 0 heterocycles. The number of nitro groups is 1. The maximum Gasteiger partial charge on any atom is 0.293 e. The van der Waals surface area contributed by atoms with E-state index in [1.165, 1.54) is 6.07 Å². The fourth-order valence-corrected chi connectivity index (χ4v) is 2.25. The van der Waals surface area contributed by atoms with Gasteiger partial charge < -0.3 is 16.4 Å². The van der Waals surface area contributed by atoms with Gasteiger partial charge in [0, 0.05) is 29.8 Å². The van der Waals surface area contributed by atoms with E-state index in [0.717, 1.165) is 25.7 Å². The first kappa shape index (κ1) is 20.2. The van der Waals surface area contributed by atoms with Gasteiger partial charge in [0.25, 0.3) is 11.6 Å². The number of nitrogens with one attached hydrogen (secondary N) is 2. The van der Waals surface area contributed by atoms with Gasteiger partial charge in [0.05, 0.1) is 4.92 Å². The number of anilines is 1. The number of hydrogen-bond donors (Lipinski definition) is 3. The van der Waals surface area contributed by atoms with Crippen molar-refractivity contribution >= 4 is 29.7 Å². The SMILES string of the molecule is CCC(N)(CC)CNC(=O)c1ccc(NC2CC2)c([N+](=O)[O-])c1.Cl. The van der Waals surface area contributed by atoms with E-state index in [4.69, 9.17) is 5.73 Å². The van der Waals surface area contributed by atoms with E-state index >= 15 is 0 Å². The van der Waals surface area contributed by atoms with Gasteiger partial charge in [-0.1, -0.05) is 13.8 Å². The van der Waals surface area contributed by atoms with E-state index in [1.54, 1.807) is 12.1 Å². The number of nitrogens with zero attached hydrogens (tertiary/aromatic N) is 1. The van der Waals surface area contributed by atoms with E-state index in [9.17, 15) is 14.9 Å². The van der Waals surface area contributed by atoms with Crippen molar-refractivity contribution in [3.8, 4) is 0 Å². The zero-order valence-corrected chi connectivity index (χ0v) is 14.8. The Hall–Kier alpha value is -1.86. The molecule has 1 aromatic carbocycles. The Bertz CT molecular complexity index is 601. The van der Waals surface area contributed by atoms with Crippen LogP contribution < -0.4 is 16.4 Å². The summed E-state index contributed by atoms with van der Waals surface area (Å²) in [5, 5.41) is 17.1. The van der Waals surface area contributed by atoms with Gasteiger partial charge in [-0.3, -0.25) is 14.9 Å². The molecule has 0 unspecified atom stereocenters. The summed E-state index contributed by atoms with van der Waals surface area (Å²) in [6.07, 6.45) is 3.53. The van der Waals surface area contributed by atoms with E-state index in [1.807, 2.05) is 13.8 Å². The molecule has 1 amide bonds. The Morgan fingerprint density at radius 2 is 2.00 bits per heavy atom. The Morgan fingerprint density at radius 3 is 2.50 bits per heavy atom. The molecule has 8 heteroatoms. The Morgan fingerprint density at radius 1 is 1.38 bits per heavy atom. The van der Waals surface area contributed by atoms with Crippen LogP contribution in [0.3, 0.4) is 0 Å². The lowest BCUT2D eigenvalue weighted by Gasteiger charge is -2.26. The highest BCUT2D eigenvalue weighted by atomic mass is 35.5. The van der Waals surface area contributed by atoms with Crippen LogP contribution >= 0.6 is 12.4 Å². The molecular formula is C16H25ClN4O3. The van der Waals surface area contributed by atoms with Crippen molar-refractivity contribution in [2.75, 3.05) is 11.9 Å². The number of carbonyl (C=O) groups excluding carboxylic acids is 1. The number of benzene rings is 1. The molecule has 0 aromatic heterocycles. The summed E-state index contributed by atoms with van der Waals surface area (Å²) in [7, 11) is 0. The molecule has 134 valence electrons. The normalized spacial score (nSPS) is 13.8. The van der Waals surface area contributed by atoms with E-state index in [-0.39, 0.29) is 29.6 Å². The predicted octanol–water partition coefficient (Wildman–Crippen LogP) is 2.84. The Kier molecular flexibility index (Phi) is 6.98. The lowest BCUT2D eigenvalue weighted by Crippen LogP contribution is -2.49. The summed E-state index contributed by atoms with van der Waals surface area (Å²) in [6.45, 7) is 4.28. The highest BCUT2D eigenvalue weighted by Gasteiger charge is 2.26.